The third kappa shape index (κ3) is 3.21. The lowest BCUT2D eigenvalue weighted by molar-refractivity contribution is 0.599. The van der Waals surface area contributed by atoms with Gasteiger partial charge in [-0.2, -0.15) is 0 Å². The van der Waals surface area contributed by atoms with Crippen LogP contribution in [0, 0.1) is 11.6 Å². The molecule has 2 aromatic carbocycles. The lowest BCUT2D eigenvalue weighted by Gasteiger charge is -2.08. The summed E-state index contributed by atoms with van der Waals surface area (Å²) in [7, 11) is -3.89. The van der Waals surface area contributed by atoms with Crippen molar-refractivity contribution in [2.45, 2.75) is 4.90 Å². The molecule has 0 aliphatic carbocycles. The Hall–Kier alpha value is -1.66. The fourth-order valence-electron chi connectivity index (χ4n) is 1.39. The smallest absolute Gasteiger partial charge is 0.261 e. The van der Waals surface area contributed by atoms with Crippen molar-refractivity contribution in [3.05, 3.63) is 59.1 Å². The Morgan fingerprint density at radius 1 is 1.00 bits per heavy atom. The molecule has 0 fully saturated rings. The molecule has 0 unspecified atom stereocenters. The molecule has 0 aromatic heterocycles. The van der Waals surface area contributed by atoms with Crippen LogP contribution in [0.4, 0.5) is 14.5 Å². The van der Waals surface area contributed by atoms with Gasteiger partial charge in [-0.15, -0.1) is 0 Å². The third-order valence-corrected chi connectivity index (χ3v) is 4.00. The van der Waals surface area contributed by atoms with Gasteiger partial charge in [-0.3, -0.25) is 4.72 Å². The lowest BCUT2D eigenvalue weighted by Crippen LogP contribution is -2.13. The second kappa shape index (κ2) is 5.14. The van der Waals surface area contributed by atoms with Crippen molar-refractivity contribution < 1.29 is 17.2 Å². The zero-order chi connectivity index (χ0) is 14.0. The number of hydrogen-bond donors (Lipinski definition) is 1. The molecule has 19 heavy (non-hydrogen) atoms. The number of sulfonamides is 1. The van der Waals surface area contributed by atoms with Gasteiger partial charge in [0.05, 0.1) is 15.6 Å². The standard InChI is InChI=1S/C12H8ClF2NO2S/c13-11-6-3-9(7-12(11)15)16-19(17,18)10-4-1-8(14)2-5-10/h1-7,16H. The van der Waals surface area contributed by atoms with Crippen LogP contribution in [0.2, 0.25) is 5.02 Å². The van der Waals surface area contributed by atoms with Gasteiger partial charge in [-0.25, -0.2) is 17.2 Å². The number of nitrogens with one attached hydrogen (secondary N) is 1. The van der Waals surface area contributed by atoms with E-state index in [9.17, 15) is 17.2 Å². The molecule has 2 aromatic rings. The monoisotopic (exact) mass is 303 g/mol. The highest BCUT2D eigenvalue weighted by Gasteiger charge is 2.14. The van der Waals surface area contributed by atoms with Crippen LogP contribution in [-0.4, -0.2) is 8.42 Å². The summed E-state index contributed by atoms with van der Waals surface area (Å²) in [4.78, 5) is -0.121. The molecule has 100 valence electrons. The topological polar surface area (TPSA) is 46.2 Å². The highest BCUT2D eigenvalue weighted by Crippen LogP contribution is 2.21. The molecule has 0 bridgehead atoms. The van der Waals surface area contributed by atoms with Gasteiger partial charge in [0.2, 0.25) is 0 Å². The average molecular weight is 304 g/mol. The fraction of sp³-hybridized carbons (Fsp3) is 0. The van der Waals surface area contributed by atoms with Crippen LogP contribution in [0.5, 0.6) is 0 Å². The Morgan fingerprint density at radius 3 is 2.21 bits per heavy atom. The van der Waals surface area contributed by atoms with E-state index in [4.69, 9.17) is 11.6 Å². The average Bonchev–Trinajstić information content (AvgIpc) is 2.34. The first-order chi connectivity index (χ1) is 8.88. The molecule has 0 atom stereocenters. The lowest BCUT2D eigenvalue weighted by atomic mass is 10.3. The van der Waals surface area contributed by atoms with Gasteiger partial charge < -0.3 is 0 Å². The summed E-state index contributed by atoms with van der Waals surface area (Å²) in [6, 6.07) is 7.80. The summed E-state index contributed by atoms with van der Waals surface area (Å²) in [6.07, 6.45) is 0. The minimum Gasteiger partial charge on any atom is -0.280 e. The molecular formula is C12H8ClF2NO2S. The summed E-state index contributed by atoms with van der Waals surface area (Å²) in [5.74, 6) is -1.28. The summed E-state index contributed by atoms with van der Waals surface area (Å²) in [5.41, 5.74) is 0.0335. The minimum absolute atomic E-state index is 0.0335. The largest absolute Gasteiger partial charge is 0.280 e. The molecular weight excluding hydrogens is 296 g/mol. The van der Waals surface area contributed by atoms with Gasteiger partial charge >= 0.3 is 0 Å². The first-order valence-electron chi connectivity index (χ1n) is 5.12. The van der Waals surface area contributed by atoms with Crippen molar-refractivity contribution in [2.24, 2.45) is 0 Å². The van der Waals surface area contributed by atoms with Crippen LogP contribution in [0.3, 0.4) is 0 Å². The van der Waals surface area contributed by atoms with E-state index >= 15 is 0 Å². The number of rotatable bonds is 3. The highest BCUT2D eigenvalue weighted by atomic mass is 35.5. The Kier molecular flexibility index (Phi) is 3.73. The zero-order valence-corrected chi connectivity index (χ0v) is 11.0. The predicted octanol–water partition coefficient (Wildman–Crippen LogP) is 3.42. The van der Waals surface area contributed by atoms with Crippen LogP contribution >= 0.6 is 11.6 Å². The number of anilines is 1. The number of halogens is 3. The van der Waals surface area contributed by atoms with E-state index in [1.54, 1.807) is 0 Å². The van der Waals surface area contributed by atoms with Gasteiger partial charge in [0.1, 0.15) is 11.6 Å². The molecule has 0 spiro atoms. The van der Waals surface area contributed by atoms with E-state index in [1.807, 2.05) is 0 Å². The van der Waals surface area contributed by atoms with Crippen LogP contribution < -0.4 is 4.72 Å². The van der Waals surface area contributed by atoms with Crippen molar-refractivity contribution in [3.63, 3.8) is 0 Å². The van der Waals surface area contributed by atoms with E-state index in [2.05, 4.69) is 4.72 Å². The minimum atomic E-state index is -3.89. The summed E-state index contributed by atoms with van der Waals surface area (Å²) < 4.78 is 51.9. The maximum absolute atomic E-state index is 13.2. The van der Waals surface area contributed by atoms with Crippen LogP contribution in [0.1, 0.15) is 0 Å². The van der Waals surface area contributed by atoms with Crippen molar-refractivity contribution in [1.29, 1.82) is 0 Å². The van der Waals surface area contributed by atoms with Crippen molar-refractivity contribution >= 4 is 27.3 Å². The second-order valence-electron chi connectivity index (χ2n) is 3.69. The Morgan fingerprint density at radius 2 is 1.63 bits per heavy atom. The van der Waals surface area contributed by atoms with E-state index in [0.717, 1.165) is 30.3 Å². The maximum atomic E-state index is 13.2. The fourth-order valence-corrected chi connectivity index (χ4v) is 2.55. The summed E-state index contributed by atoms with van der Waals surface area (Å²) >= 11 is 5.49. The van der Waals surface area contributed by atoms with Crippen LogP contribution in [0.25, 0.3) is 0 Å². The van der Waals surface area contributed by atoms with E-state index in [-0.39, 0.29) is 15.6 Å². The van der Waals surface area contributed by atoms with Crippen LogP contribution in [-0.2, 0) is 10.0 Å². The molecule has 2 rings (SSSR count). The Balaban J connectivity index is 2.30. The Labute approximate surface area is 113 Å². The SMILES string of the molecule is O=S(=O)(Nc1ccc(Cl)c(F)c1)c1ccc(F)cc1. The molecule has 0 heterocycles. The molecule has 0 radical (unpaired) electrons. The molecule has 0 aliphatic rings. The van der Waals surface area contributed by atoms with E-state index < -0.39 is 21.7 Å². The maximum Gasteiger partial charge on any atom is 0.261 e. The van der Waals surface area contributed by atoms with Gasteiger partial charge in [0.25, 0.3) is 10.0 Å². The van der Waals surface area contributed by atoms with Gasteiger partial charge in [0.15, 0.2) is 0 Å². The number of hydrogen-bond acceptors (Lipinski definition) is 2. The van der Waals surface area contributed by atoms with Gasteiger partial charge in [-0.05, 0) is 42.5 Å². The molecule has 0 amide bonds. The number of benzene rings is 2. The molecule has 3 nitrogen and oxygen atoms in total. The first-order valence-corrected chi connectivity index (χ1v) is 6.98. The second-order valence-corrected chi connectivity index (χ2v) is 5.78. The highest BCUT2D eigenvalue weighted by molar-refractivity contribution is 7.92. The summed E-state index contributed by atoms with van der Waals surface area (Å²) in [5, 5.41) is -0.107. The summed E-state index contributed by atoms with van der Waals surface area (Å²) in [6.45, 7) is 0. The molecule has 0 saturated carbocycles. The van der Waals surface area contributed by atoms with E-state index in [1.165, 1.54) is 12.1 Å². The molecule has 7 heteroatoms. The van der Waals surface area contributed by atoms with Crippen molar-refractivity contribution in [1.82, 2.24) is 0 Å². The van der Waals surface area contributed by atoms with Crippen molar-refractivity contribution in [2.75, 3.05) is 4.72 Å². The van der Waals surface area contributed by atoms with E-state index in [0.29, 0.717) is 0 Å². The molecule has 0 saturated heterocycles. The van der Waals surface area contributed by atoms with Crippen molar-refractivity contribution in [3.8, 4) is 0 Å². The quantitative estimate of drug-likeness (QED) is 0.944. The first kappa shape index (κ1) is 13.8. The normalized spacial score (nSPS) is 11.3. The zero-order valence-electron chi connectivity index (χ0n) is 9.40. The third-order valence-electron chi connectivity index (χ3n) is 2.30. The van der Waals surface area contributed by atoms with Gasteiger partial charge in [-0.1, -0.05) is 11.6 Å². The van der Waals surface area contributed by atoms with Crippen LogP contribution in [0.15, 0.2) is 47.4 Å². The predicted molar refractivity (Wildman–Crippen MR) is 68.6 cm³/mol. The molecule has 1 N–H and O–H groups in total. The molecule has 0 aliphatic heterocycles. The Bertz CT molecular complexity index is 702. The van der Waals surface area contributed by atoms with Gasteiger partial charge in [0, 0.05) is 0 Å².